The van der Waals surface area contributed by atoms with Crippen molar-refractivity contribution in [3.63, 3.8) is 0 Å². The Balaban J connectivity index is 1.61. The fourth-order valence-electron chi connectivity index (χ4n) is 4.48. The van der Waals surface area contributed by atoms with Crippen molar-refractivity contribution in [2.24, 2.45) is 0 Å². The van der Waals surface area contributed by atoms with Gasteiger partial charge in [0, 0.05) is 18.1 Å². The fraction of sp³-hybridized carbons (Fsp3) is 0.348. The van der Waals surface area contributed by atoms with Crippen LogP contribution in [0.1, 0.15) is 50.6 Å². The summed E-state index contributed by atoms with van der Waals surface area (Å²) in [4.78, 5) is 22.4. The van der Waals surface area contributed by atoms with E-state index in [2.05, 4.69) is 14.9 Å². The molecule has 1 aliphatic carbocycles. The number of carbonyl (C=O) groups is 1. The molecule has 1 saturated carbocycles. The second-order valence-corrected chi connectivity index (χ2v) is 7.81. The van der Waals surface area contributed by atoms with Gasteiger partial charge >= 0.3 is 5.97 Å². The Morgan fingerprint density at radius 2 is 1.97 bits per heavy atom. The van der Waals surface area contributed by atoms with Crippen LogP contribution in [0.15, 0.2) is 60.1 Å². The van der Waals surface area contributed by atoms with Crippen molar-refractivity contribution in [1.82, 2.24) is 14.5 Å². The third-order valence-corrected chi connectivity index (χ3v) is 5.88. The van der Waals surface area contributed by atoms with E-state index < -0.39 is 0 Å². The van der Waals surface area contributed by atoms with Gasteiger partial charge in [-0.1, -0.05) is 24.6 Å². The number of para-hydroxylation sites is 2. The molecule has 2 aromatic heterocycles. The molecule has 1 aliphatic heterocycles. The second-order valence-electron chi connectivity index (χ2n) is 7.81. The lowest BCUT2D eigenvalue weighted by Gasteiger charge is -2.31. The number of allylic oxidation sites excluding steroid dienone is 1. The first-order valence-corrected chi connectivity index (χ1v) is 10.3. The van der Waals surface area contributed by atoms with Crippen LogP contribution in [0.25, 0.3) is 11.0 Å². The predicted molar refractivity (Wildman–Crippen MR) is 111 cm³/mol. The van der Waals surface area contributed by atoms with Crippen LogP contribution in [0.3, 0.4) is 0 Å². The van der Waals surface area contributed by atoms with Crippen LogP contribution in [0.5, 0.6) is 0 Å². The Hall–Kier alpha value is -3.15. The maximum absolute atomic E-state index is 13.4. The molecule has 1 aromatic carbocycles. The maximum Gasteiger partial charge on any atom is 0.338 e. The summed E-state index contributed by atoms with van der Waals surface area (Å²) in [6, 6.07) is 11.5. The Morgan fingerprint density at radius 3 is 2.76 bits per heavy atom. The molecule has 5 rings (SSSR count). The van der Waals surface area contributed by atoms with Gasteiger partial charge in [0.2, 0.25) is 5.95 Å². The summed E-state index contributed by atoms with van der Waals surface area (Å²) in [5.41, 5.74) is 4.20. The zero-order valence-corrected chi connectivity index (χ0v) is 16.5. The molecule has 0 amide bonds. The fourth-order valence-corrected chi connectivity index (χ4v) is 4.48. The average Bonchev–Trinajstić information content (AvgIpc) is 3.12. The van der Waals surface area contributed by atoms with Gasteiger partial charge in [0.15, 0.2) is 0 Å². The van der Waals surface area contributed by atoms with Gasteiger partial charge < -0.3 is 10.1 Å². The van der Waals surface area contributed by atoms with Crippen molar-refractivity contribution in [1.29, 1.82) is 0 Å². The number of hydrogen-bond donors (Lipinski definition) is 1. The molecule has 3 heterocycles. The highest BCUT2D eigenvalue weighted by Crippen LogP contribution is 2.39. The lowest BCUT2D eigenvalue weighted by atomic mass is 9.95. The standard InChI is InChI=1S/C23H24N4O2/c1-15-20(22(28)29-17-9-3-2-4-10-17)21(16-8-7-13-24-14-16)27-19-12-6-5-11-18(19)26-23(27)25-15/h5-8,11-14,17,21H,2-4,9-10H2,1H3,(H,25,26)/t21-/m1/s1. The van der Waals surface area contributed by atoms with E-state index in [1.165, 1.54) is 6.42 Å². The van der Waals surface area contributed by atoms with Gasteiger partial charge in [0.1, 0.15) is 6.10 Å². The number of esters is 1. The van der Waals surface area contributed by atoms with Crippen LogP contribution < -0.4 is 5.32 Å². The van der Waals surface area contributed by atoms with E-state index in [0.29, 0.717) is 5.57 Å². The molecule has 2 aliphatic rings. The number of benzene rings is 1. The van der Waals surface area contributed by atoms with Crippen LogP contribution in [0.4, 0.5) is 5.95 Å². The monoisotopic (exact) mass is 388 g/mol. The van der Waals surface area contributed by atoms with Crippen molar-refractivity contribution < 1.29 is 9.53 Å². The largest absolute Gasteiger partial charge is 0.459 e. The van der Waals surface area contributed by atoms with Crippen LogP contribution >= 0.6 is 0 Å². The molecule has 1 atom stereocenters. The molecule has 0 saturated heterocycles. The number of aromatic nitrogens is 3. The minimum Gasteiger partial charge on any atom is -0.459 e. The number of imidazole rings is 1. The number of ether oxygens (including phenoxy) is 1. The third-order valence-electron chi connectivity index (χ3n) is 5.88. The van der Waals surface area contributed by atoms with Crippen LogP contribution in [0, 0.1) is 0 Å². The molecule has 3 aromatic rings. The molecule has 0 bridgehead atoms. The first-order chi connectivity index (χ1) is 14.2. The van der Waals surface area contributed by atoms with E-state index >= 15 is 0 Å². The zero-order chi connectivity index (χ0) is 19.8. The number of rotatable bonds is 3. The van der Waals surface area contributed by atoms with E-state index in [1.54, 1.807) is 6.20 Å². The maximum atomic E-state index is 13.4. The summed E-state index contributed by atoms with van der Waals surface area (Å²) in [7, 11) is 0. The number of nitrogens with zero attached hydrogens (tertiary/aromatic N) is 3. The number of nitrogens with one attached hydrogen (secondary N) is 1. The molecule has 6 heteroatoms. The average molecular weight is 388 g/mol. The van der Waals surface area contributed by atoms with E-state index in [-0.39, 0.29) is 18.1 Å². The SMILES string of the molecule is CC1=C(C(=O)OC2CCCCC2)[C@@H](c2cccnc2)n2c(nc3ccccc32)N1. The molecular weight excluding hydrogens is 364 g/mol. The Labute approximate surface area is 169 Å². The second kappa shape index (κ2) is 7.35. The first kappa shape index (κ1) is 17.9. The smallest absolute Gasteiger partial charge is 0.338 e. The normalized spacial score (nSPS) is 19.7. The molecule has 6 nitrogen and oxygen atoms in total. The first-order valence-electron chi connectivity index (χ1n) is 10.3. The van der Waals surface area contributed by atoms with Gasteiger partial charge in [-0.3, -0.25) is 9.55 Å². The molecule has 148 valence electrons. The number of anilines is 1. The van der Waals surface area contributed by atoms with Crippen molar-refractivity contribution in [3.8, 4) is 0 Å². The van der Waals surface area contributed by atoms with Gasteiger partial charge in [-0.15, -0.1) is 0 Å². The lowest BCUT2D eigenvalue weighted by Crippen LogP contribution is -2.31. The van der Waals surface area contributed by atoms with Crippen LogP contribution in [0.2, 0.25) is 0 Å². The lowest BCUT2D eigenvalue weighted by molar-refractivity contribution is -0.146. The summed E-state index contributed by atoms with van der Waals surface area (Å²) >= 11 is 0. The molecule has 29 heavy (non-hydrogen) atoms. The van der Waals surface area contributed by atoms with Gasteiger partial charge in [-0.2, -0.15) is 0 Å². The Kier molecular flexibility index (Phi) is 4.54. The predicted octanol–water partition coefficient (Wildman–Crippen LogP) is 4.60. The van der Waals surface area contributed by atoms with Gasteiger partial charge in [-0.05, 0) is 56.4 Å². The van der Waals surface area contributed by atoms with Crippen LogP contribution in [-0.4, -0.2) is 26.6 Å². The Bertz CT molecular complexity index is 1080. The molecule has 0 radical (unpaired) electrons. The van der Waals surface area contributed by atoms with Crippen LogP contribution in [-0.2, 0) is 9.53 Å². The minimum atomic E-state index is -0.330. The summed E-state index contributed by atoms with van der Waals surface area (Å²) in [6.07, 6.45) is 8.92. The summed E-state index contributed by atoms with van der Waals surface area (Å²) in [5, 5.41) is 3.33. The van der Waals surface area contributed by atoms with Crippen molar-refractivity contribution >= 4 is 23.0 Å². The highest BCUT2D eigenvalue weighted by atomic mass is 16.5. The van der Waals surface area contributed by atoms with Gasteiger partial charge in [0.25, 0.3) is 0 Å². The summed E-state index contributed by atoms with van der Waals surface area (Å²) in [5.74, 6) is 0.478. The number of hydrogen-bond acceptors (Lipinski definition) is 5. The quantitative estimate of drug-likeness (QED) is 0.664. The van der Waals surface area contributed by atoms with Gasteiger partial charge in [-0.25, -0.2) is 9.78 Å². The van der Waals surface area contributed by atoms with E-state index in [0.717, 1.165) is 53.9 Å². The number of carbonyl (C=O) groups excluding carboxylic acids is 1. The number of pyridine rings is 1. The summed E-state index contributed by atoms with van der Waals surface area (Å²) < 4.78 is 8.05. The van der Waals surface area contributed by atoms with Gasteiger partial charge in [0.05, 0.1) is 22.6 Å². The topological polar surface area (TPSA) is 69.0 Å². The molecular formula is C23H24N4O2. The van der Waals surface area contributed by atoms with Crippen molar-refractivity contribution in [2.45, 2.75) is 51.2 Å². The van der Waals surface area contributed by atoms with E-state index in [1.807, 2.05) is 49.5 Å². The summed E-state index contributed by atoms with van der Waals surface area (Å²) in [6.45, 7) is 1.92. The van der Waals surface area contributed by atoms with Crippen molar-refractivity contribution in [2.75, 3.05) is 5.32 Å². The minimum absolute atomic E-state index is 0.00651. The molecule has 1 N–H and O–H groups in total. The number of fused-ring (bicyclic) bond motifs is 3. The van der Waals surface area contributed by atoms with E-state index in [4.69, 9.17) is 9.72 Å². The van der Waals surface area contributed by atoms with Crippen molar-refractivity contribution in [3.05, 3.63) is 65.6 Å². The molecule has 0 spiro atoms. The zero-order valence-electron chi connectivity index (χ0n) is 16.5. The molecule has 1 fully saturated rings. The highest BCUT2D eigenvalue weighted by Gasteiger charge is 2.36. The highest BCUT2D eigenvalue weighted by molar-refractivity contribution is 5.94. The van der Waals surface area contributed by atoms with E-state index in [9.17, 15) is 4.79 Å². The Morgan fingerprint density at radius 1 is 1.14 bits per heavy atom. The third kappa shape index (κ3) is 3.18. The molecule has 0 unspecified atom stereocenters.